The largest absolute Gasteiger partial charge is 0.481 e. The first-order valence-corrected chi connectivity index (χ1v) is 34.7. The Morgan fingerprint density at radius 3 is 0.397 bits per heavy atom. The SMILES string of the molecule is CCCCCCCCCCCCCCCCCCCCCC(=O)O.CCCCCCCCCCCCCCCCCCCCCC(=O)O.CCCCCCCCCCCCCCCCCCCCCC(=O)O.OCC(O)CO. The Morgan fingerprint density at radius 2 is 0.321 bits per heavy atom. The second-order valence-electron chi connectivity index (χ2n) is 23.5. The van der Waals surface area contributed by atoms with E-state index in [-0.39, 0.29) is 13.2 Å². The molecule has 9 heteroatoms. The summed E-state index contributed by atoms with van der Waals surface area (Å²) < 4.78 is 0. The molecule has 0 amide bonds. The van der Waals surface area contributed by atoms with Crippen LogP contribution >= 0.6 is 0 Å². The first kappa shape index (κ1) is 82.8. The molecule has 0 aliphatic carbocycles. The van der Waals surface area contributed by atoms with Gasteiger partial charge in [0.05, 0.1) is 13.2 Å². The van der Waals surface area contributed by atoms with Gasteiger partial charge in [-0.15, -0.1) is 0 Å². The highest BCUT2D eigenvalue weighted by atomic mass is 16.4. The number of unbranched alkanes of at least 4 members (excludes halogenated alkanes) is 54. The average molecular weight is 1110 g/mol. The van der Waals surface area contributed by atoms with Crippen molar-refractivity contribution in [1.29, 1.82) is 0 Å². The smallest absolute Gasteiger partial charge is 0.303 e. The lowest BCUT2D eigenvalue weighted by Crippen LogP contribution is -2.15. The van der Waals surface area contributed by atoms with Crippen molar-refractivity contribution in [2.45, 2.75) is 412 Å². The van der Waals surface area contributed by atoms with Crippen molar-refractivity contribution >= 4 is 17.9 Å². The number of hydrogen-bond donors (Lipinski definition) is 6. The molecule has 0 spiro atoms. The maximum atomic E-state index is 10.4. The van der Waals surface area contributed by atoms with Gasteiger partial charge in [0.2, 0.25) is 0 Å². The van der Waals surface area contributed by atoms with Gasteiger partial charge in [0, 0.05) is 19.3 Å². The van der Waals surface area contributed by atoms with Crippen LogP contribution in [0.5, 0.6) is 0 Å². The molecule has 0 bridgehead atoms. The fraction of sp³-hybridized carbons (Fsp3) is 0.957. The highest BCUT2D eigenvalue weighted by molar-refractivity contribution is 5.67. The van der Waals surface area contributed by atoms with Gasteiger partial charge < -0.3 is 30.6 Å². The van der Waals surface area contributed by atoms with Crippen LogP contribution in [-0.2, 0) is 14.4 Å². The zero-order chi connectivity index (χ0) is 58.2. The second kappa shape index (κ2) is 79.5. The summed E-state index contributed by atoms with van der Waals surface area (Å²) in [6.45, 7) is 6.12. The van der Waals surface area contributed by atoms with Gasteiger partial charge in [-0.25, -0.2) is 0 Å². The van der Waals surface area contributed by atoms with Crippen molar-refractivity contribution in [3.8, 4) is 0 Å². The molecule has 0 rings (SSSR count). The molecule has 9 nitrogen and oxygen atoms in total. The quantitative estimate of drug-likeness (QED) is 0.0324. The summed E-state index contributed by atoms with van der Waals surface area (Å²) in [7, 11) is 0. The first-order chi connectivity index (χ1) is 38.1. The van der Waals surface area contributed by atoms with Crippen molar-refractivity contribution in [2.24, 2.45) is 0 Å². The summed E-state index contributed by atoms with van der Waals surface area (Å²) in [6.07, 6.45) is 77.3. The third-order valence-corrected chi connectivity index (χ3v) is 15.4. The molecule has 6 N–H and O–H groups in total. The van der Waals surface area contributed by atoms with Crippen molar-refractivity contribution < 1.29 is 45.0 Å². The number of aliphatic carboxylic acids is 3. The Balaban J connectivity index is -0.000000498. The van der Waals surface area contributed by atoms with Crippen LogP contribution in [0.4, 0.5) is 0 Å². The molecule has 0 saturated heterocycles. The maximum absolute atomic E-state index is 10.4. The van der Waals surface area contributed by atoms with Crippen LogP contribution in [0.2, 0.25) is 0 Å². The molecule has 0 radical (unpaired) electrons. The third kappa shape index (κ3) is 93.6. The van der Waals surface area contributed by atoms with Crippen LogP contribution in [0, 0.1) is 0 Å². The van der Waals surface area contributed by atoms with Gasteiger partial charge in [-0.1, -0.05) is 367 Å². The first-order valence-electron chi connectivity index (χ1n) is 34.7. The van der Waals surface area contributed by atoms with Crippen LogP contribution in [-0.4, -0.2) is 67.9 Å². The Bertz CT molecular complexity index is 959. The molecular weight excluding hydrogens is 973 g/mol. The molecule has 0 aliphatic rings. The fourth-order valence-electron chi connectivity index (χ4n) is 10.1. The lowest BCUT2D eigenvalue weighted by atomic mass is 10.0. The van der Waals surface area contributed by atoms with E-state index < -0.39 is 24.0 Å². The summed E-state index contributed by atoms with van der Waals surface area (Å²) in [5.41, 5.74) is 0. The third-order valence-electron chi connectivity index (χ3n) is 15.4. The Hall–Kier alpha value is -1.71. The minimum atomic E-state index is -0.954. The monoisotopic (exact) mass is 1110 g/mol. The predicted octanol–water partition coefficient (Wildman–Crippen LogP) is 22.0. The highest BCUT2D eigenvalue weighted by Crippen LogP contribution is 2.18. The van der Waals surface area contributed by atoms with E-state index in [0.29, 0.717) is 19.3 Å². The standard InChI is InChI=1S/3C22H44O2.C3H8O3/c3*1-2-3-4-5-6-7-8-9-10-11-12-13-14-15-16-17-18-19-20-21-22(23)24;4-1-3(6)2-5/h3*2-21H2,1H3,(H,23,24);3-6H,1-2H2. The molecule has 0 aromatic carbocycles. The summed E-state index contributed by atoms with van der Waals surface area (Å²) >= 11 is 0. The fourth-order valence-corrected chi connectivity index (χ4v) is 10.1. The minimum Gasteiger partial charge on any atom is -0.481 e. The summed E-state index contributed by atoms with van der Waals surface area (Å²) in [6, 6.07) is 0. The van der Waals surface area contributed by atoms with E-state index in [1.807, 2.05) is 0 Å². The van der Waals surface area contributed by atoms with Crippen LogP contribution < -0.4 is 0 Å². The van der Waals surface area contributed by atoms with Gasteiger partial charge >= 0.3 is 17.9 Å². The van der Waals surface area contributed by atoms with E-state index >= 15 is 0 Å². The molecule has 0 saturated carbocycles. The highest BCUT2D eigenvalue weighted by Gasteiger charge is 2.01. The van der Waals surface area contributed by atoms with Gasteiger partial charge in [-0.05, 0) is 19.3 Å². The van der Waals surface area contributed by atoms with E-state index in [4.69, 9.17) is 30.6 Å². The molecule has 0 aromatic heterocycles. The van der Waals surface area contributed by atoms with Gasteiger partial charge in [0.1, 0.15) is 6.10 Å². The van der Waals surface area contributed by atoms with Crippen molar-refractivity contribution in [3.63, 3.8) is 0 Å². The molecule has 470 valence electrons. The molecule has 0 aromatic rings. The average Bonchev–Trinajstić information content (AvgIpc) is 3.42. The number of carbonyl (C=O) groups is 3. The molecule has 0 aliphatic heterocycles. The van der Waals surface area contributed by atoms with E-state index in [9.17, 15) is 14.4 Å². The number of hydrogen-bond acceptors (Lipinski definition) is 6. The normalized spacial score (nSPS) is 11.0. The van der Waals surface area contributed by atoms with E-state index in [1.54, 1.807) is 0 Å². The van der Waals surface area contributed by atoms with E-state index in [2.05, 4.69) is 20.8 Å². The van der Waals surface area contributed by atoms with Crippen molar-refractivity contribution in [1.82, 2.24) is 0 Å². The molecule has 78 heavy (non-hydrogen) atoms. The predicted molar refractivity (Wildman–Crippen MR) is 337 cm³/mol. The van der Waals surface area contributed by atoms with Crippen molar-refractivity contribution in [3.05, 3.63) is 0 Å². The number of carboxylic acids is 3. The van der Waals surface area contributed by atoms with Gasteiger partial charge in [-0.3, -0.25) is 14.4 Å². The number of aliphatic hydroxyl groups is 3. The van der Waals surface area contributed by atoms with Gasteiger partial charge in [0.25, 0.3) is 0 Å². The molecule has 0 atom stereocenters. The zero-order valence-corrected chi connectivity index (χ0v) is 52.8. The Kier molecular flexibility index (Phi) is 84.4. The number of rotatable bonds is 62. The Morgan fingerprint density at radius 1 is 0.218 bits per heavy atom. The topological polar surface area (TPSA) is 173 Å². The second-order valence-corrected chi connectivity index (χ2v) is 23.5. The summed E-state index contributed by atoms with van der Waals surface area (Å²) in [5.74, 6) is -1.95. The van der Waals surface area contributed by atoms with Crippen LogP contribution in [0.1, 0.15) is 406 Å². The molecule has 0 fully saturated rings. The number of aliphatic hydroxyl groups excluding tert-OH is 3. The van der Waals surface area contributed by atoms with Crippen LogP contribution in [0.25, 0.3) is 0 Å². The zero-order valence-electron chi connectivity index (χ0n) is 52.8. The molecule has 0 heterocycles. The van der Waals surface area contributed by atoms with E-state index in [0.717, 1.165) is 38.5 Å². The molecular formula is C69H140O9. The summed E-state index contributed by atoms with van der Waals surface area (Å²) in [5, 5.41) is 49.7. The lowest BCUT2D eigenvalue weighted by Gasteiger charge is -2.03. The van der Waals surface area contributed by atoms with Crippen molar-refractivity contribution in [2.75, 3.05) is 13.2 Å². The Labute approximate surface area is 486 Å². The summed E-state index contributed by atoms with van der Waals surface area (Å²) in [4.78, 5) is 31.1. The van der Waals surface area contributed by atoms with Crippen LogP contribution in [0.15, 0.2) is 0 Å². The minimum absolute atomic E-state index is 0.346. The van der Waals surface area contributed by atoms with Gasteiger partial charge in [0.15, 0.2) is 0 Å². The lowest BCUT2D eigenvalue weighted by molar-refractivity contribution is -0.138. The number of carboxylic acid groups (broad SMARTS) is 3. The molecule has 0 unspecified atom stereocenters. The van der Waals surface area contributed by atoms with E-state index in [1.165, 1.54) is 327 Å². The maximum Gasteiger partial charge on any atom is 0.303 e. The van der Waals surface area contributed by atoms with Crippen LogP contribution in [0.3, 0.4) is 0 Å². The van der Waals surface area contributed by atoms with Gasteiger partial charge in [-0.2, -0.15) is 0 Å².